The smallest absolute Gasteiger partial charge is 0.0938 e. The fourth-order valence-corrected chi connectivity index (χ4v) is 1.57. The highest BCUT2D eigenvalue weighted by atomic mass is 16.3. The Bertz CT molecular complexity index is 468. The maximum atomic E-state index is 9.80. The first-order valence-electron chi connectivity index (χ1n) is 4.97. The summed E-state index contributed by atoms with van der Waals surface area (Å²) in [5.74, 6) is 0. The van der Waals surface area contributed by atoms with Crippen molar-refractivity contribution in [1.29, 1.82) is 0 Å². The molecule has 0 spiro atoms. The van der Waals surface area contributed by atoms with Crippen molar-refractivity contribution in [2.75, 3.05) is 0 Å². The average Bonchev–Trinajstić information content (AvgIpc) is 2.27. The molecule has 0 aliphatic heterocycles. The second-order valence-corrected chi connectivity index (χ2v) is 3.76. The highest BCUT2D eigenvalue weighted by molar-refractivity contribution is 5.78. The van der Waals surface area contributed by atoms with Gasteiger partial charge in [0.15, 0.2) is 0 Å². The Hall–Kier alpha value is -1.45. The average molecular weight is 202 g/mol. The van der Waals surface area contributed by atoms with Crippen LogP contribution in [0.2, 0.25) is 0 Å². The molecule has 2 unspecified atom stereocenters. The molecule has 0 saturated heterocycles. The molecule has 15 heavy (non-hydrogen) atoms. The minimum atomic E-state index is -0.628. The molecule has 1 heterocycles. The number of benzene rings is 1. The molecule has 2 atom stereocenters. The Morgan fingerprint density at radius 2 is 2.13 bits per heavy atom. The van der Waals surface area contributed by atoms with Crippen LogP contribution in [-0.2, 0) is 0 Å². The second kappa shape index (κ2) is 3.96. The summed E-state index contributed by atoms with van der Waals surface area (Å²) >= 11 is 0. The van der Waals surface area contributed by atoms with Crippen LogP contribution in [0.5, 0.6) is 0 Å². The van der Waals surface area contributed by atoms with Gasteiger partial charge in [-0.15, -0.1) is 0 Å². The number of pyridine rings is 1. The van der Waals surface area contributed by atoms with Gasteiger partial charge >= 0.3 is 0 Å². The van der Waals surface area contributed by atoms with Crippen LogP contribution in [0.25, 0.3) is 10.9 Å². The lowest BCUT2D eigenvalue weighted by Crippen LogP contribution is -2.24. The molecule has 0 saturated carbocycles. The van der Waals surface area contributed by atoms with E-state index in [-0.39, 0.29) is 6.04 Å². The zero-order valence-corrected chi connectivity index (χ0v) is 8.59. The highest BCUT2D eigenvalue weighted by Crippen LogP contribution is 2.20. The van der Waals surface area contributed by atoms with E-state index >= 15 is 0 Å². The van der Waals surface area contributed by atoms with Crippen LogP contribution in [0.4, 0.5) is 0 Å². The minimum absolute atomic E-state index is 0.272. The number of nitrogens with two attached hydrogens (primary N) is 1. The predicted octanol–water partition coefficient (Wildman–Crippen LogP) is 1.62. The number of fused-ring (bicyclic) bond motifs is 1. The summed E-state index contributed by atoms with van der Waals surface area (Å²) in [6, 6.07) is 9.32. The largest absolute Gasteiger partial charge is 0.387 e. The van der Waals surface area contributed by atoms with Gasteiger partial charge in [0.1, 0.15) is 0 Å². The highest BCUT2D eigenvalue weighted by Gasteiger charge is 2.12. The van der Waals surface area contributed by atoms with Gasteiger partial charge in [-0.1, -0.05) is 18.2 Å². The number of aliphatic hydroxyl groups excluding tert-OH is 1. The summed E-state index contributed by atoms with van der Waals surface area (Å²) in [7, 11) is 0. The van der Waals surface area contributed by atoms with Gasteiger partial charge in [-0.05, 0) is 24.6 Å². The van der Waals surface area contributed by atoms with Crippen LogP contribution in [0, 0.1) is 0 Å². The summed E-state index contributed by atoms with van der Waals surface area (Å²) in [4.78, 5) is 4.23. The summed E-state index contributed by atoms with van der Waals surface area (Å²) in [5.41, 5.74) is 7.34. The third-order valence-corrected chi connectivity index (χ3v) is 2.47. The quantitative estimate of drug-likeness (QED) is 0.778. The molecule has 2 rings (SSSR count). The molecule has 1 aromatic heterocycles. The molecule has 2 aromatic rings. The molecule has 0 bridgehead atoms. The summed E-state index contributed by atoms with van der Waals surface area (Å²) in [6.45, 7) is 1.79. The SMILES string of the molecule is CC(N)C(O)c1ccc2cccnc2c1. The lowest BCUT2D eigenvalue weighted by atomic mass is 10.0. The summed E-state index contributed by atoms with van der Waals surface area (Å²) in [6.07, 6.45) is 1.11. The molecule has 0 aliphatic rings. The van der Waals surface area contributed by atoms with Crippen molar-refractivity contribution < 1.29 is 5.11 Å². The molecular weight excluding hydrogens is 188 g/mol. The van der Waals surface area contributed by atoms with Crippen LogP contribution in [0.1, 0.15) is 18.6 Å². The van der Waals surface area contributed by atoms with Crippen molar-refractivity contribution in [3.8, 4) is 0 Å². The van der Waals surface area contributed by atoms with Crippen molar-refractivity contribution in [2.45, 2.75) is 19.1 Å². The Morgan fingerprint density at radius 1 is 1.33 bits per heavy atom. The molecular formula is C12H14N2O. The van der Waals surface area contributed by atoms with E-state index in [4.69, 9.17) is 5.73 Å². The van der Waals surface area contributed by atoms with Crippen molar-refractivity contribution in [3.05, 3.63) is 42.1 Å². The lowest BCUT2D eigenvalue weighted by Gasteiger charge is -2.14. The normalized spacial score (nSPS) is 15.1. The monoisotopic (exact) mass is 202 g/mol. The van der Waals surface area contributed by atoms with Crippen LogP contribution in [0.3, 0.4) is 0 Å². The van der Waals surface area contributed by atoms with E-state index in [1.807, 2.05) is 30.3 Å². The van der Waals surface area contributed by atoms with Gasteiger partial charge in [0.05, 0.1) is 11.6 Å². The molecule has 0 fully saturated rings. The van der Waals surface area contributed by atoms with Gasteiger partial charge in [-0.2, -0.15) is 0 Å². The fraction of sp³-hybridized carbons (Fsp3) is 0.250. The number of nitrogens with zero attached hydrogens (tertiary/aromatic N) is 1. The van der Waals surface area contributed by atoms with Crippen molar-refractivity contribution in [1.82, 2.24) is 4.98 Å². The van der Waals surface area contributed by atoms with Gasteiger partial charge in [-0.3, -0.25) is 4.98 Å². The first-order valence-corrected chi connectivity index (χ1v) is 4.97. The molecule has 0 aliphatic carbocycles. The van der Waals surface area contributed by atoms with Crippen LogP contribution < -0.4 is 5.73 Å². The second-order valence-electron chi connectivity index (χ2n) is 3.76. The van der Waals surface area contributed by atoms with E-state index in [1.54, 1.807) is 13.1 Å². The number of rotatable bonds is 2. The predicted molar refractivity (Wildman–Crippen MR) is 60.4 cm³/mol. The molecule has 78 valence electrons. The summed E-state index contributed by atoms with van der Waals surface area (Å²) < 4.78 is 0. The summed E-state index contributed by atoms with van der Waals surface area (Å²) in [5, 5.41) is 10.9. The van der Waals surface area contributed by atoms with E-state index in [9.17, 15) is 5.11 Å². The Kier molecular flexibility index (Phi) is 2.66. The minimum Gasteiger partial charge on any atom is -0.387 e. The molecule has 3 nitrogen and oxygen atoms in total. The van der Waals surface area contributed by atoms with Crippen molar-refractivity contribution >= 4 is 10.9 Å². The maximum Gasteiger partial charge on any atom is 0.0938 e. The fourth-order valence-electron chi connectivity index (χ4n) is 1.57. The lowest BCUT2D eigenvalue weighted by molar-refractivity contribution is 0.153. The van der Waals surface area contributed by atoms with Gasteiger partial charge in [0.2, 0.25) is 0 Å². The Balaban J connectivity index is 2.47. The van der Waals surface area contributed by atoms with E-state index in [1.165, 1.54) is 0 Å². The Morgan fingerprint density at radius 3 is 2.87 bits per heavy atom. The zero-order valence-electron chi connectivity index (χ0n) is 8.59. The number of hydrogen-bond acceptors (Lipinski definition) is 3. The number of aliphatic hydroxyl groups is 1. The van der Waals surface area contributed by atoms with Crippen molar-refractivity contribution in [3.63, 3.8) is 0 Å². The van der Waals surface area contributed by atoms with Crippen LogP contribution in [0.15, 0.2) is 36.5 Å². The van der Waals surface area contributed by atoms with E-state index in [2.05, 4.69) is 4.98 Å². The van der Waals surface area contributed by atoms with Gasteiger partial charge < -0.3 is 10.8 Å². The molecule has 3 heteroatoms. The maximum absolute atomic E-state index is 9.80. The third kappa shape index (κ3) is 1.98. The van der Waals surface area contributed by atoms with E-state index in [0.717, 1.165) is 16.5 Å². The molecule has 0 radical (unpaired) electrons. The topological polar surface area (TPSA) is 59.1 Å². The van der Waals surface area contributed by atoms with E-state index < -0.39 is 6.10 Å². The first-order chi connectivity index (χ1) is 7.18. The Labute approximate surface area is 88.6 Å². The van der Waals surface area contributed by atoms with Crippen LogP contribution >= 0.6 is 0 Å². The standard InChI is InChI=1S/C12H14N2O/c1-8(13)12(15)10-5-4-9-3-2-6-14-11(9)7-10/h2-8,12,15H,13H2,1H3. The van der Waals surface area contributed by atoms with Gasteiger partial charge in [0.25, 0.3) is 0 Å². The van der Waals surface area contributed by atoms with E-state index in [0.29, 0.717) is 0 Å². The van der Waals surface area contributed by atoms with Crippen LogP contribution in [-0.4, -0.2) is 16.1 Å². The molecule has 0 amide bonds. The molecule has 1 aromatic carbocycles. The zero-order chi connectivity index (χ0) is 10.8. The number of aromatic nitrogens is 1. The molecule has 3 N–H and O–H groups in total. The third-order valence-electron chi connectivity index (χ3n) is 2.47. The first kappa shape index (κ1) is 10.1. The number of hydrogen-bond donors (Lipinski definition) is 2. The van der Waals surface area contributed by atoms with Gasteiger partial charge in [-0.25, -0.2) is 0 Å². The van der Waals surface area contributed by atoms with Crippen molar-refractivity contribution in [2.24, 2.45) is 5.73 Å². The van der Waals surface area contributed by atoms with Gasteiger partial charge in [0, 0.05) is 17.6 Å².